The number of nitrogens with two attached hydrogens (primary N) is 1. The van der Waals surface area contributed by atoms with Crippen molar-refractivity contribution in [3.63, 3.8) is 0 Å². The molecule has 1 atom stereocenters. The minimum absolute atomic E-state index is 0.258. The second-order valence-electron chi connectivity index (χ2n) is 5.27. The van der Waals surface area contributed by atoms with E-state index in [1.54, 1.807) is 18.2 Å². The van der Waals surface area contributed by atoms with Crippen LogP contribution in [-0.2, 0) is 11.2 Å². The topological polar surface area (TPSA) is 85.1 Å². The predicted octanol–water partition coefficient (Wildman–Crippen LogP) is 1.52. The van der Waals surface area contributed by atoms with Gasteiger partial charge >= 0.3 is 0 Å². The van der Waals surface area contributed by atoms with Gasteiger partial charge in [0.25, 0.3) is 5.91 Å². The van der Waals surface area contributed by atoms with Crippen LogP contribution in [0, 0.1) is 13.8 Å². The minimum Gasteiger partial charge on any atom is -0.368 e. The molecule has 2 rings (SSSR count). The fourth-order valence-electron chi connectivity index (χ4n) is 2.12. The zero-order valence-corrected chi connectivity index (χ0v) is 12.7. The SMILES string of the molecule is Cc1ccc(C[C@H](NC(=O)c2ccccn2)C(N)=O)cc1C. The molecule has 1 aromatic carbocycles. The Labute approximate surface area is 129 Å². The molecule has 0 bridgehead atoms. The molecule has 0 saturated carbocycles. The molecule has 0 saturated heterocycles. The maximum Gasteiger partial charge on any atom is 0.270 e. The van der Waals surface area contributed by atoms with E-state index in [-0.39, 0.29) is 5.69 Å². The Morgan fingerprint density at radius 2 is 1.95 bits per heavy atom. The number of amides is 2. The lowest BCUT2D eigenvalue weighted by Gasteiger charge is -2.16. The first-order valence-electron chi connectivity index (χ1n) is 7.04. The number of nitrogens with one attached hydrogen (secondary N) is 1. The second kappa shape index (κ2) is 6.85. The second-order valence-corrected chi connectivity index (χ2v) is 5.27. The van der Waals surface area contributed by atoms with Gasteiger partial charge in [0.1, 0.15) is 11.7 Å². The van der Waals surface area contributed by atoms with Crippen LogP contribution in [0.15, 0.2) is 42.6 Å². The van der Waals surface area contributed by atoms with Crippen molar-refractivity contribution in [2.75, 3.05) is 0 Å². The lowest BCUT2D eigenvalue weighted by atomic mass is 10.0. The summed E-state index contributed by atoms with van der Waals surface area (Å²) in [5.74, 6) is -0.976. The summed E-state index contributed by atoms with van der Waals surface area (Å²) in [6, 6.07) is 10.2. The number of pyridine rings is 1. The average molecular weight is 297 g/mol. The van der Waals surface area contributed by atoms with Gasteiger partial charge in [-0.05, 0) is 42.7 Å². The highest BCUT2D eigenvalue weighted by atomic mass is 16.2. The van der Waals surface area contributed by atoms with Gasteiger partial charge in [-0.3, -0.25) is 14.6 Å². The van der Waals surface area contributed by atoms with Gasteiger partial charge in [-0.15, -0.1) is 0 Å². The number of aromatic nitrogens is 1. The molecule has 0 radical (unpaired) electrons. The van der Waals surface area contributed by atoms with E-state index >= 15 is 0 Å². The Morgan fingerprint density at radius 1 is 1.18 bits per heavy atom. The van der Waals surface area contributed by atoms with Crippen molar-refractivity contribution in [2.45, 2.75) is 26.3 Å². The molecule has 5 heteroatoms. The number of rotatable bonds is 5. The molecule has 1 heterocycles. The van der Waals surface area contributed by atoms with Crippen LogP contribution < -0.4 is 11.1 Å². The number of benzene rings is 1. The molecule has 22 heavy (non-hydrogen) atoms. The standard InChI is InChI=1S/C17H19N3O2/c1-11-6-7-13(9-12(11)2)10-15(16(18)21)20-17(22)14-5-3-4-8-19-14/h3-9,15H,10H2,1-2H3,(H2,18,21)(H,20,22)/t15-/m0/s1. The zero-order chi connectivity index (χ0) is 16.1. The summed E-state index contributed by atoms with van der Waals surface area (Å²) in [5, 5.41) is 2.64. The van der Waals surface area contributed by atoms with Crippen LogP contribution in [0.2, 0.25) is 0 Å². The zero-order valence-electron chi connectivity index (χ0n) is 12.7. The molecule has 2 aromatic rings. The lowest BCUT2D eigenvalue weighted by molar-refractivity contribution is -0.119. The molecule has 0 aliphatic carbocycles. The Kier molecular flexibility index (Phi) is 4.88. The lowest BCUT2D eigenvalue weighted by Crippen LogP contribution is -2.46. The highest BCUT2D eigenvalue weighted by Gasteiger charge is 2.20. The summed E-state index contributed by atoms with van der Waals surface area (Å²) in [6.07, 6.45) is 1.88. The van der Waals surface area contributed by atoms with Gasteiger partial charge in [-0.2, -0.15) is 0 Å². The van der Waals surface area contributed by atoms with Crippen molar-refractivity contribution in [3.8, 4) is 0 Å². The van der Waals surface area contributed by atoms with E-state index in [4.69, 9.17) is 5.73 Å². The van der Waals surface area contributed by atoms with Crippen LogP contribution in [0.1, 0.15) is 27.2 Å². The molecule has 3 N–H and O–H groups in total. The maximum absolute atomic E-state index is 12.1. The Balaban J connectivity index is 2.12. The Bertz CT molecular complexity index is 684. The number of carbonyl (C=O) groups excluding carboxylic acids is 2. The highest BCUT2D eigenvalue weighted by Crippen LogP contribution is 2.12. The van der Waals surface area contributed by atoms with Gasteiger partial charge in [0.05, 0.1) is 0 Å². The summed E-state index contributed by atoms with van der Waals surface area (Å²) in [5.41, 5.74) is 8.93. The van der Waals surface area contributed by atoms with E-state index in [9.17, 15) is 9.59 Å². The third-order valence-corrected chi connectivity index (χ3v) is 3.56. The molecular weight excluding hydrogens is 278 g/mol. The maximum atomic E-state index is 12.1. The molecule has 2 amide bonds. The van der Waals surface area contributed by atoms with Crippen LogP contribution in [-0.4, -0.2) is 22.8 Å². The smallest absolute Gasteiger partial charge is 0.270 e. The fraction of sp³-hybridized carbons (Fsp3) is 0.235. The molecule has 0 fully saturated rings. The fourth-order valence-corrected chi connectivity index (χ4v) is 2.12. The number of primary amides is 1. The highest BCUT2D eigenvalue weighted by molar-refractivity contribution is 5.95. The first kappa shape index (κ1) is 15.7. The summed E-state index contributed by atoms with van der Waals surface area (Å²) < 4.78 is 0. The number of hydrogen-bond acceptors (Lipinski definition) is 3. The first-order chi connectivity index (χ1) is 10.5. The number of nitrogens with zero attached hydrogens (tertiary/aromatic N) is 1. The Morgan fingerprint density at radius 3 is 2.55 bits per heavy atom. The summed E-state index contributed by atoms with van der Waals surface area (Å²) in [4.78, 5) is 27.7. The molecule has 1 aromatic heterocycles. The van der Waals surface area contributed by atoms with E-state index in [1.165, 1.54) is 11.8 Å². The molecule has 0 aliphatic rings. The number of carbonyl (C=O) groups is 2. The van der Waals surface area contributed by atoms with Crippen molar-refractivity contribution in [3.05, 3.63) is 65.0 Å². The largest absolute Gasteiger partial charge is 0.368 e. The average Bonchev–Trinajstić information content (AvgIpc) is 2.51. The monoisotopic (exact) mass is 297 g/mol. The van der Waals surface area contributed by atoms with Crippen LogP contribution in [0.25, 0.3) is 0 Å². The summed E-state index contributed by atoms with van der Waals surface area (Å²) >= 11 is 0. The van der Waals surface area contributed by atoms with E-state index in [0.29, 0.717) is 6.42 Å². The predicted molar refractivity (Wildman–Crippen MR) is 84.3 cm³/mol. The van der Waals surface area contributed by atoms with E-state index in [0.717, 1.165) is 11.1 Å². The molecular formula is C17H19N3O2. The normalized spacial score (nSPS) is 11.7. The third kappa shape index (κ3) is 3.91. The van der Waals surface area contributed by atoms with Crippen molar-refractivity contribution in [1.82, 2.24) is 10.3 Å². The van der Waals surface area contributed by atoms with E-state index < -0.39 is 17.9 Å². The van der Waals surface area contributed by atoms with Crippen molar-refractivity contribution in [2.24, 2.45) is 5.73 Å². The van der Waals surface area contributed by atoms with Crippen molar-refractivity contribution < 1.29 is 9.59 Å². The first-order valence-corrected chi connectivity index (χ1v) is 7.04. The molecule has 0 aliphatic heterocycles. The van der Waals surface area contributed by atoms with E-state index in [2.05, 4.69) is 10.3 Å². The summed E-state index contributed by atoms with van der Waals surface area (Å²) in [7, 11) is 0. The van der Waals surface area contributed by atoms with Gasteiger partial charge < -0.3 is 11.1 Å². The molecule has 0 spiro atoms. The third-order valence-electron chi connectivity index (χ3n) is 3.56. The van der Waals surface area contributed by atoms with Gasteiger partial charge in [-0.1, -0.05) is 24.3 Å². The molecule has 0 unspecified atom stereocenters. The number of aryl methyl sites for hydroxylation is 2. The van der Waals surface area contributed by atoms with E-state index in [1.807, 2.05) is 32.0 Å². The van der Waals surface area contributed by atoms with Crippen LogP contribution in [0.5, 0.6) is 0 Å². The quantitative estimate of drug-likeness (QED) is 0.877. The minimum atomic E-state index is -0.767. The van der Waals surface area contributed by atoms with Gasteiger partial charge in [0.2, 0.25) is 5.91 Å². The number of hydrogen-bond donors (Lipinski definition) is 2. The van der Waals surface area contributed by atoms with Gasteiger partial charge in [-0.25, -0.2) is 0 Å². The molecule has 114 valence electrons. The van der Waals surface area contributed by atoms with Gasteiger partial charge in [0.15, 0.2) is 0 Å². The van der Waals surface area contributed by atoms with Crippen molar-refractivity contribution >= 4 is 11.8 Å². The molecule has 5 nitrogen and oxygen atoms in total. The van der Waals surface area contributed by atoms with Gasteiger partial charge in [0, 0.05) is 12.6 Å². The van der Waals surface area contributed by atoms with Crippen LogP contribution >= 0.6 is 0 Å². The summed E-state index contributed by atoms with van der Waals surface area (Å²) in [6.45, 7) is 4.03. The van der Waals surface area contributed by atoms with Crippen LogP contribution in [0.3, 0.4) is 0 Å². The van der Waals surface area contributed by atoms with Crippen LogP contribution in [0.4, 0.5) is 0 Å². The van der Waals surface area contributed by atoms with Crippen molar-refractivity contribution in [1.29, 1.82) is 0 Å². The Hall–Kier alpha value is -2.69.